The number of fused-ring (bicyclic) bond motifs is 1. The van der Waals surface area contributed by atoms with E-state index in [-0.39, 0.29) is 10.8 Å². The first-order valence-corrected chi connectivity index (χ1v) is 10.9. The van der Waals surface area contributed by atoms with Crippen LogP contribution < -0.4 is 4.74 Å². The van der Waals surface area contributed by atoms with Crippen molar-refractivity contribution >= 4 is 42.9 Å². The second-order valence-electron chi connectivity index (χ2n) is 9.25. The maximum atomic E-state index is 5.88. The molecule has 1 aromatic heterocycles. The molecule has 0 aliphatic rings. The average Bonchev–Trinajstić information content (AvgIpc) is 3.03. The van der Waals surface area contributed by atoms with Gasteiger partial charge < -0.3 is 4.74 Å². The summed E-state index contributed by atoms with van der Waals surface area (Å²) < 4.78 is 7.77. The number of ether oxygens (including phenoxy) is 1. The average molecular weight is 509 g/mol. The van der Waals surface area contributed by atoms with Crippen LogP contribution in [-0.2, 0) is 10.8 Å². The molecule has 0 aliphatic heterocycles. The molecule has 0 spiro atoms. The fourth-order valence-corrected chi connectivity index (χ4v) is 4.19. The molecule has 150 valence electrons. The molecule has 0 radical (unpaired) electrons. The van der Waals surface area contributed by atoms with E-state index >= 15 is 0 Å². The maximum Gasteiger partial charge on any atom is 0.150 e. The third-order valence-electron chi connectivity index (χ3n) is 4.90. The summed E-state index contributed by atoms with van der Waals surface area (Å²) in [5, 5.41) is 9.60. The first-order chi connectivity index (χ1) is 12.8. The summed E-state index contributed by atoms with van der Waals surface area (Å²) in [6.07, 6.45) is 0. The van der Waals surface area contributed by atoms with Crippen LogP contribution in [0.3, 0.4) is 0 Å². The van der Waals surface area contributed by atoms with Gasteiger partial charge in [0.1, 0.15) is 22.5 Å². The van der Waals surface area contributed by atoms with Crippen LogP contribution in [0.25, 0.3) is 16.7 Å². The minimum atomic E-state index is -0.0777. The Morgan fingerprint density at radius 1 is 0.893 bits per heavy atom. The number of nitrogens with zero attached hydrogens (tertiary/aromatic N) is 3. The Morgan fingerprint density at radius 3 is 2.04 bits per heavy atom. The van der Waals surface area contributed by atoms with Crippen molar-refractivity contribution in [1.82, 2.24) is 15.0 Å². The maximum absolute atomic E-state index is 5.88. The van der Waals surface area contributed by atoms with Crippen molar-refractivity contribution in [1.29, 1.82) is 0 Å². The fraction of sp³-hybridized carbons (Fsp3) is 0.455. The third-order valence-corrected chi connectivity index (χ3v) is 6.51. The number of hydrogen-bond acceptors (Lipinski definition) is 3. The van der Waals surface area contributed by atoms with Crippen molar-refractivity contribution in [3.05, 3.63) is 43.8 Å². The Balaban J connectivity index is 2.39. The zero-order chi connectivity index (χ0) is 21.0. The second kappa shape index (κ2) is 7.13. The van der Waals surface area contributed by atoms with Gasteiger partial charge >= 0.3 is 0 Å². The number of hydrogen-bond donors (Lipinski definition) is 0. The molecule has 0 bridgehead atoms. The molecule has 0 saturated carbocycles. The normalized spacial score (nSPS) is 12.6. The number of rotatable bonds is 2. The van der Waals surface area contributed by atoms with Crippen molar-refractivity contribution in [2.24, 2.45) is 0 Å². The smallest absolute Gasteiger partial charge is 0.150 e. The monoisotopic (exact) mass is 507 g/mol. The van der Waals surface area contributed by atoms with Crippen molar-refractivity contribution in [2.45, 2.75) is 59.3 Å². The number of benzene rings is 2. The summed E-state index contributed by atoms with van der Waals surface area (Å²) in [6.45, 7) is 15.3. The van der Waals surface area contributed by atoms with Gasteiger partial charge in [0.2, 0.25) is 0 Å². The first-order valence-electron chi connectivity index (χ1n) is 9.29. The molecule has 0 fully saturated rings. The molecule has 0 N–H and O–H groups in total. The predicted octanol–water partition coefficient (Wildman–Crippen LogP) is 6.86. The van der Waals surface area contributed by atoms with Crippen molar-refractivity contribution in [3.8, 4) is 11.4 Å². The lowest BCUT2D eigenvalue weighted by Gasteiger charge is -2.28. The molecular formula is C22H27Br2N3O. The van der Waals surface area contributed by atoms with Crippen molar-refractivity contribution in [3.63, 3.8) is 0 Å². The Morgan fingerprint density at radius 2 is 1.50 bits per heavy atom. The highest BCUT2D eigenvalue weighted by Crippen LogP contribution is 2.40. The number of aryl methyl sites for hydroxylation is 1. The van der Waals surface area contributed by atoms with Crippen LogP contribution in [0.1, 0.15) is 58.2 Å². The standard InChI is InChI=1S/C22H27Br2N3O/c1-12-9-15(23)18-19(17(12)24)26-27(25-18)16-11-13(21(2,3)4)10-14(20(16)28-8)22(5,6)7/h9-11H,1-8H3. The molecule has 6 heteroatoms. The highest BCUT2D eigenvalue weighted by atomic mass is 79.9. The topological polar surface area (TPSA) is 39.9 Å². The van der Waals surface area contributed by atoms with Crippen LogP contribution >= 0.6 is 31.9 Å². The van der Waals surface area contributed by atoms with Crippen LogP contribution in [0, 0.1) is 6.92 Å². The van der Waals surface area contributed by atoms with Gasteiger partial charge in [-0.1, -0.05) is 47.6 Å². The van der Waals surface area contributed by atoms with Gasteiger partial charge in [-0.3, -0.25) is 0 Å². The highest BCUT2D eigenvalue weighted by molar-refractivity contribution is 9.11. The van der Waals surface area contributed by atoms with E-state index in [4.69, 9.17) is 14.9 Å². The van der Waals surface area contributed by atoms with Gasteiger partial charge in [0.15, 0.2) is 0 Å². The highest BCUT2D eigenvalue weighted by Gasteiger charge is 2.27. The Bertz CT molecular complexity index is 1060. The number of methoxy groups -OCH3 is 1. The van der Waals surface area contributed by atoms with Crippen LogP contribution in [0.5, 0.6) is 5.75 Å². The molecule has 1 heterocycles. The van der Waals surface area contributed by atoms with Crippen molar-refractivity contribution < 1.29 is 4.74 Å². The molecule has 0 unspecified atom stereocenters. The van der Waals surface area contributed by atoms with Crippen LogP contribution in [0.2, 0.25) is 0 Å². The molecule has 0 atom stereocenters. The van der Waals surface area contributed by atoms with Crippen LogP contribution in [0.4, 0.5) is 0 Å². The summed E-state index contributed by atoms with van der Waals surface area (Å²) in [5.41, 5.74) is 5.89. The van der Waals surface area contributed by atoms with Crippen LogP contribution in [0.15, 0.2) is 27.1 Å². The zero-order valence-corrected chi connectivity index (χ0v) is 20.9. The van der Waals surface area contributed by atoms with Gasteiger partial charge in [-0.15, -0.1) is 15.0 Å². The van der Waals surface area contributed by atoms with E-state index in [0.717, 1.165) is 42.5 Å². The molecule has 4 nitrogen and oxygen atoms in total. The number of aromatic nitrogens is 3. The minimum Gasteiger partial charge on any atom is -0.494 e. The van der Waals surface area contributed by atoms with Gasteiger partial charge in [0.25, 0.3) is 0 Å². The largest absolute Gasteiger partial charge is 0.494 e. The molecule has 0 amide bonds. The molecular weight excluding hydrogens is 482 g/mol. The fourth-order valence-electron chi connectivity index (χ4n) is 3.20. The van der Waals surface area contributed by atoms with Gasteiger partial charge in [-0.05, 0) is 72.9 Å². The molecule has 3 rings (SSSR count). The lowest BCUT2D eigenvalue weighted by atomic mass is 9.79. The number of halogens is 2. The minimum absolute atomic E-state index is 0.00858. The van der Waals surface area contributed by atoms with Crippen LogP contribution in [-0.4, -0.2) is 22.1 Å². The Kier molecular flexibility index (Phi) is 5.43. The zero-order valence-electron chi connectivity index (χ0n) is 17.7. The summed E-state index contributed by atoms with van der Waals surface area (Å²) >= 11 is 7.29. The van der Waals surface area contributed by atoms with Gasteiger partial charge in [-0.25, -0.2) is 0 Å². The van der Waals surface area contributed by atoms with E-state index in [0.29, 0.717) is 0 Å². The summed E-state index contributed by atoms with van der Waals surface area (Å²) in [6, 6.07) is 6.44. The van der Waals surface area contributed by atoms with E-state index in [9.17, 15) is 0 Å². The van der Waals surface area contributed by atoms with E-state index in [1.807, 2.05) is 6.92 Å². The molecule has 0 aliphatic carbocycles. The Hall–Kier alpha value is -1.40. The molecule has 3 aromatic rings. The predicted molar refractivity (Wildman–Crippen MR) is 123 cm³/mol. The van der Waals surface area contributed by atoms with E-state index in [1.165, 1.54) is 5.56 Å². The van der Waals surface area contributed by atoms with E-state index in [1.54, 1.807) is 11.9 Å². The lowest BCUT2D eigenvalue weighted by Crippen LogP contribution is -2.19. The first kappa shape index (κ1) is 21.3. The second-order valence-corrected chi connectivity index (χ2v) is 10.9. The summed E-state index contributed by atoms with van der Waals surface area (Å²) in [5.74, 6) is 0.810. The quantitative estimate of drug-likeness (QED) is 0.379. The Labute approximate surface area is 183 Å². The SMILES string of the molecule is COc1c(-n2nc3c(Br)cc(C)c(Br)c3n2)cc(C(C)(C)C)cc1C(C)(C)C. The van der Waals surface area contributed by atoms with E-state index < -0.39 is 0 Å². The van der Waals surface area contributed by atoms with Gasteiger partial charge in [0.05, 0.1) is 11.6 Å². The molecule has 28 heavy (non-hydrogen) atoms. The van der Waals surface area contributed by atoms with Crippen molar-refractivity contribution in [2.75, 3.05) is 7.11 Å². The summed E-state index contributed by atoms with van der Waals surface area (Å²) in [7, 11) is 1.71. The molecule has 2 aromatic carbocycles. The molecule has 0 saturated heterocycles. The van der Waals surface area contributed by atoms with Gasteiger partial charge in [0, 0.05) is 10.0 Å². The van der Waals surface area contributed by atoms with Gasteiger partial charge in [-0.2, -0.15) is 0 Å². The van der Waals surface area contributed by atoms with E-state index in [2.05, 4.69) is 91.6 Å². The lowest BCUT2D eigenvalue weighted by molar-refractivity contribution is 0.392. The third kappa shape index (κ3) is 3.73. The summed E-state index contributed by atoms with van der Waals surface area (Å²) in [4.78, 5) is 1.70.